The highest BCUT2D eigenvalue weighted by atomic mass is 79.9. The van der Waals surface area contributed by atoms with Crippen molar-refractivity contribution < 1.29 is 14.3 Å². The highest BCUT2D eigenvalue weighted by Crippen LogP contribution is 2.25. The minimum Gasteiger partial charge on any atom is -0.479 e. The Bertz CT molecular complexity index is 451. The van der Waals surface area contributed by atoms with E-state index in [-0.39, 0.29) is 12.0 Å². The van der Waals surface area contributed by atoms with Gasteiger partial charge in [-0.15, -0.1) is 0 Å². The van der Waals surface area contributed by atoms with Gasteiger partial charge in [-0.1, -0.05) is 22.9 Å². The Balaban J connectivity index is 2.85. The first-order valence-electron chi connectivity index (χ1n) is 6.85. The minimum absolute atomic E-state index is 0.0737. The lowest BCUT2D eigenvalue weighted by atomic mass is 10.0. The van der Waals surface area contributed by atoms with Crippen molar-refractivity contribution in [3.8, 4) is 5.75 Å². The molecule has 5 heteroatoms. The number of halogens is 1. The maximum absolute atomic E-state index is 11.6. The van der Waals surface area contributed by atoms with Crippen molar-refractivity contribution in [3.63, 3.8) is 0 Å². The fourth-order valence-electron chi connectivity index (χ4n) is 1.75. The van der Waals surface area contributed by atoms with Gasteiger partial charge in [-0.05, 0) is 50.5 Å². The number of esters is 1. The average molecular weight is 344 g/mol. The zero-order valence-corrected chi connectivity index (χ0v) is 13.8. The Labute approximate surface area is 128 Å². The van der Waals surface area contributed by atoms with Crippen LogP contribution in [0.4, 0.5) is 0 Å². The maximum Gasteiger partial charge on any atom is 0.347 e. The lowest BCUT2D eigenvalue weighted by Crippen LogP contribution is -2.27. The zero-order chi connectivity index (χ0) is 15.1. The van der Waals surface area contributed by atoms with Crippen LogP contribution in [-0.4, -0.2) is 24.7 Å². The molecule has 1 rings (SSSR count). The maximum atomic E-state index is 11.6. The van der Waals surface area contributed by atoms with Gasteiger partial charge < -0.3 is 15.2 Å². The number of rotatable bonds is 7. The molecule has 0 radical (unpaired) electrons. The van der Waals surface area contributed by atoms with Gasteiger partial charge in [0.25, 0.3) is 0 Å². The van der Waals surface area contributed by atoms with Crippen molar-refractivity contribution in [1.29, 1.82) is 0 Å². The molecule has 0 saturated heterocycles. The van der Waals surface area contributed by atoms with Crippen molar-refractivity contribution in [2.24, 2.45) is 5.73 Å². The molecule has 2 unspecified atom stereocenters. The predicted molar refractivity (Wildman–Crippen MR) is 82.8 cm³/mol. The van der Waals surface area contributed by atoms with Gasteiger partial charge >= 0.3 is 5.97 Å². The largest absolute Gasteiger partial charge is 0.479 e. The van der Waals surface area contributed by atoms with Crippen LogP contribution < -0.4 is 10.5 Å². The first kappa shape index (κ1) is 17.0. The highest BCUT2D eigenvalue weighted by Gasteiger charge is 2.18. The number of ether oxygens (including phenoxy) is 2. The summed E-state index contributed by atoms with van der Waals surface area (Å²) in [5.41, 5.74) is 6.99. The summed E-state index contributed by atoms with van der Waals surface area (Å²) in [6.07, 6.45) is 0.966. The van der Waals surface area contributed by atoms with Gasteiger partial charge in [0.05, 0.1) is 6.61 Å². The van der Waals surface area contributed by atoms with Gasteiger partial charge in [0.1, 0.15) is 5.75 Å². The topological polar surface area (TPSA) is 61.5 Å². The van der Waals surface area contributed by atoms with Crippen LogP contribution in [0.5, 0.6) is 5.75 Å². The van der Waals surface area contributed by atoms with Crippen LogP contribution in [0.3, 0.4) is 0 Å². The van der Waals surface area contributed by atoms with Crippen LogP contribution in [0.15, 0.2) is 22.7 Å². The second kappa shape index (κ2) is 8.27. The Hall–Kier alpha value is -1.07. The van der Waals surface area contributed by atoms with Crippen molar-refractivity contribution in [2.75, 3.05) is 6.61 Å². The molecule has 0 fully saturated rings. The number of carbonyl (C=O) groups is 1. The average Bonchev–Trinajstić information content (AvgIpc) is 2.41. The van der Waals surface area contributed by atoms with Crippen LogP contribution >= 0.6 is 15.9 Å². The van der Waals surface area contributed by atoms with Crippen molar-refractivity contribution in [2.45, 2.75) is 45.8 Å². The molecule has 2 atom stereocenters. The second-order valence-electron chi connectivity index (χ2n) is 4.64. The number of hydrogen-bond donors (Lipinski definition) is 1. The summed E-state index contributed by atoms with van der Waals surface area (Å²) >= 11 is 3.44. The Morgan fingerprint density at radius 1 is 1.40 bits per heavy atom. The molecular weight excluding hydrogens is 322 g/mol. The van der Waals surface area contributed by atoms with E-state index in [0.717, 1.165) is 16.5 Å². The zero-order valence-electron chi connectivity index (χ0n) is 12.2. The first-order chi connectivity index (χ1) is 9.47. The molecule has 0 bridgehead atoms. The van der Waals surface area contributed by atoms with E-state index in [4.69, 9.17) is 15.2 Å². The summed E-state index contributed by atoms with van der Waals surface area (Å²) in [5.74, 6) is 0.318. The Morgan fingerprint density at radius 3 is 2.70 bits per heavy atom. The van der Waals surface area contributed by atoms with E-state index in [9.17, 15) is 4.79 Å². The molecule has 0 aliphatic carbocycles. The van der Waals surface area contributed by atoms with E-state index in [1.54, 1.807) is 13.8 Å². The predicted octanol–water partition coefficient (Wildman–Crippen LogP) is 3.06. The molecule has 0 spiro atoms. The van der Waals surface area contributed by atoms with Crippen LogP contribution in [0.25, 0.3) is 0 Å². The molecule has 112 valence electrons. The number of hydrogen-bond acceptors (Lipinski definition) is 4. The van der Waals surface area contributed by atoms with Crippen LogP contribution in [0.1, 0.15) is 32.8 Å². The fraction of sp³-hybridized carbons (Fsp3) is 0.533. The quantitative estimate of drug-likeness (QED) is 0.773. The molecule has 20 heavy (non-hydrogen) atoms. The molecule has 1 aromatic carbocycles. The minimum atomic E-state index is -0.632. The van der Waals surface area contributed by atoms with Gasteiger partial charge in [-0.2, -0.15) is 0 Å². The Kier molecular flexibility index (Phi) is 7.02. The van der Waals surface area contributed by atoms with E-state index in [2.05, 4.69) is 15.9 Å². The van der Waals surface area contributed by atoms with E-state index in [0.29, 0.717) is 18.8 Å². The molecule has 4 nitrogen and oxygen atoms in total. The van der Waals surface area contributed by atoms with E-state index in [1.807, 2.05) is 25.1 Å². The highest BCUT2D eigenvalue weighted by molar-refractivity contribution is 9.10. The van der Waals surface area contributed by atoms with Gasteiger partial charge in [-0.25, -0.2) is 4.79 Å². The summed E-state index contributed by atoms with van der Waals surface area (Å²) < 4.78 is 11.6. The molecule has 0 aliphatic heterocycles. The van der Waals surface area contributed by atoms with E-state index in [1.165, 1.54) is 0 Å². The lowest BCUT2D eigenvalue weighted by molar-refractivity contribution is -0.150. The number of benzene rings is 1. The number of carbonyl (C=O) groups excluding carboxylic acids is 1. The SMILES string of the molecule is CCOC(=O)C(C)Oc1ccc(Br)cc1CC(N)CC. The van der Waals surface area contributed by atoms with Crippen molar-refractivity contribution in [3.05, 3.63) is 28.2 Å². The normalized spacial score (nSPS) is 13.7. The van der Waals surface area contributed by atoms with Crippen molar-refractivity contribution in [1.82, 2.24) is 0 Å². The molecule has 0 saturated carbocycles. The molecule has 0 aliphatic rings. The summed E-state index contributed by atoms with van der Waals surface area (Å²) in [6, 6.07) is 5.78. The molecule has 0 amide bonds. The van der Waals surface area contributed by atoms with Gasteiger partial charge in [-0.3, -0.25) is 0 Å². The lowest BCUT2D eigenvalue weighted by Gasteiger charge is -2.18. The van der Waals surface area contributed by atoms with E-state index < -0.39 is 6.10 Å². The van der Waals surface area contributed by atoms with Gasteiger partial charge in [0.15, 0.2) is 6.10 Å². The summed E-state index contributed by atoms with van der Waals surface area (Å²) in [4.78, 5) is 11.6. The van der Waals surface area contributed by atoms with Gasteiger partial charge in [0, 0.05) is 10.5 Å². The molecular formula is C15H22BrNO3. The molecule has 0 aromatic heterocycles. The van der Waals surface area contributed by atoms with Crippen molar-refractivity contribution >= 4 is 21.9 Å². The third-order valence-electron chi connectivity index (χ3n) is 2.95. The summed E-state index contributed by atoms with van der Waals surface area (Å²) in [5, 5.41) is 0. The standard InChI is InChI=1S/C15H22BrNO3/c1-4-13(17)9-11-8-12(16)6-7-14(11)20-10(3)15(18)19-5-2/h6-8,10,13H,4-5,9,17H2,1-3H3. The fourth-order valence-corrected chi connectivity index (χ4v) is 2.16. The molecule has 1 aromatic rings. The molecule has 2 N–H and O–H groups in total. The monoisotopic (exact) mass is 343 g/mol. The van der Waals surface area contributed by atoms with Crippen LogP contribution in [0, 0.1) is 0 Å². The first-order valence-corrected chi connectivity index (χ1v) is 7.64. The third-order valence-corrected chi connectivity index (χ3v) is 3.44. The van der Waals surface area contributed by atoms with Crippen LogP contribution in [-0.2, 0) is 16.0 Å². The van der Waals surface area contributed by atoms with Gasteiger partial charge in [0.2, 0.25) is 0 Å². The summed E-state index contributed by atoms with van der Waals surface area (Å²) in [6.45, 7) is 5.85. The van der Waals surface area contributed by atoms with Crippen LogP contribution in [0.2, 0.25) is 0 Å². The van der Waals surface area contributed by atoms with E-state index >= 15 is 0 Å². The Morgan fingerprint density at radius 2 is 2.10 bits per heavy atom. The summed E-state index contributed by atoms with van der Waals surface area (Å²) in [7, 11) is 0. The molecule has 0 heterocycles. The second-order valence-corrected chi connectivity index (χ2v) is 5.55. The third kappa shape index (κ3) is 5.13. The smallest absolute Gasteiger partial charge is 0.347 e. The number of nitrogens with two attached hydrogens (primary N) is 1.